The normalized spacial score (nSPS) is 12.8. The smallest absolute Gasteiger partial charge is 0.250 e. The van der Waals surface area contributed by atoms with Crippen molar-refractivity contribution in [2.24, 2.45) is 0 Å². The molecule has 0 unspecified atom stereocenters. The first kappa shape index (κ1) is 12.9. The molecule has 1 N–H and O–H groups in total. The number of rotatable bonds is 3. The molecule has 4 nitrogen and oxygen atoms in total. The Bertz CT molecular complexity index is 453. The minimum atomic E-state index is -4.57. The Hall–Kier alpha value is -1.15. The third kappa shape index (κ3) is 2.92. The highest BCUT2D eigenvalue weighted by Crippen LogP contribution is 2.27. The zero-order valence-electron chi connectivity index (χ0n) is 8.25. The second kappa shape index (κ2) is 4.38. The van der Waals surface area contributed by atoms with Crippen LogP contribution in [0.25, 0.3) is 0 Å². The summed E-state index contributed by atoms with van der Waals surface area (Å²) in [6.07, 6.45) is -3.89. The SMILES string of the molecule is CCNS(=O)(=O)c1ccc(C(F)(F)F)nc1. The molecule has 0 saturated heterocycles. The van der Waals surface area contributed by atoms with Crippen LogP contribution in [0.15, 0.2) is 23.2 Å². The number of sulfonamides is 1. The first-order valence-electron chi connectivity index (χ1n) is 4.30. The van der Waals surface area contributed by atoms with Gasteiger partial charge in [-0.25, -0.2) is 13.1 Å². The summed E-state index contributed by atoms with van der Waals surface area (Å²) in [7, 11) is -3.75. The van der Waals surface area contributed by atoms with Crippen LogP contribution in [0.3, 0.4) is 0 Å². The van der Waals surface area contributed by atoms with Crippen LogP contribution in [-0.2, 0) is 16.2 Å². The lowest BCUT2D eigenvalue weighted by molar-refractivity contribution is -0.141. The standard InChI is InChI=1S/C8H9F3N2O2S/c1-2-13-16(14,15)6-3-4-7(12-5-6)8(9,10)11/h3-5,13H,2H2,1H3. The molecule has 1 rings (SSSR count). The van der Waals surface area contributed by atoms with E-state index in [9.17, 15) is 21.6 Å². The molecule has 0 fully saturated rings. The molecule has 0 bridgehead atoms. The highest BCUT2D eigenvalue weighted by Gasteiger charge is 2.32. The molecular weight excluding hydrogens is 245 g/mol. The van der Waals surface area contributed by atoms with E-state index in [1.165, 1.54) is 0 Å². The highest BCUT2D eigenvalue weighted by molar-refractivity contribution is 7.89. The van der Waals surface area contributed by atoms with Gasteiger partial charge in [0.25, 0.3) is 0 Å². The molecule has 0 aromatic carbocycles. The zero-order chi connectivity index (χ0) is 12.4. The number of halogens is 3. The molecule has 1 heterocycles. The fourth-order valence-electron chi connectivity index (χ4n) is 0.980. The van der Waals surface area contributed by atoms with E-state index in [0.717, 1.165) is 6.07 Å². The number of alkyl halides is 3. The van der Waals surface area contributed by atoms with Crippen molar-refractivity contribution >= 4 is 10.0 Å². The van der Waals surface area contributed by atoms with Crippen LogP contribution in [0.5, 0.6) is 0 Å². The second-order valence-electron chi connectivity index (χ2n) is 2.88. The first-order chi connectivity index (χ1) is 7.27. The summed E-state index contributed by atoms with van der Waals surface area (Å²) >= 11 is 0. The molecule has 0 saturated carbocycles. The first-order valence-corrected chi connectivity index (χ1v) is 5.78. The van der Waals surface area contributed by atoms with Crippen molar-refractivity contribution in [1.82, 2.24) is 9.71 Å². The molecule has 1 aromatic rings. The van der Waals surface area contributed by atoms with Crippen LogP contribution < -0.4 is 4.72 Å². The lowest BCUT2D eigenvalue weighted by atomic mass is 10.3. The van der Waals surface area contributed by atoms with E-state index in [2.05, 4.69) is 9.71 Å². The average Bonchev–Trinajstić information content (AvgIpc) is 2.16. The summed E-state index contributed by atoms with van der Waals surface area (Å²) in [4.78, 5) is 2.76. The number of hydrogen-bond donors (Lipinski definition) is 1. The highest BCUT2D eigenvalue weighted by atomic mass is 32.2. The van der Waals surface area contributed by atoms with Crippen LogP contribution >= 0.6 is 0 Å². The molecule has 0 amide bonds. The van der Waals surface area contributed by atoms with E-state index < -0.39 is 21.9 Å². The minimum absolute atomic E-state index is 0.156. The summed E-state index contributed by atoms with van der Waals surface area (Å²) in [5, 5.41) is 0. The number of aromatic nitrogens is 1. The van der Waals surface area contributed by atoms with Gasteiger partial charge in [0.15, 0.2) is 0 Å². The molecule has 1 aromatic heterocycles. The number of nitrogens with one attached hydrogen (secondary N) is 1. The molecule has 0 spiro atoms. The van der Waals surface area contributed by atoms with Crippen molar-refractivity contribution in [1.29, 1.82) is 0 Å². The van der Waals surface area contributed by atoms with Crippen molar-refractivity contribution in [3.63, 3.8) is 0 Å². The number of pyridine rings is 1. The van der Waals surface area contributed by atoms with Gasteiger partial charge in [-0.05, 0) is 12.1 Å². The van der Waals surface area contributed by atoms with Gasteiger partial charge in [-0.3, -0.25) is 4.98 Å². The van der Waals surface area contributed by atoms with E-state index in [1.807, 2.05) is 0 Å². The summed E-state index contributed by atoms with van der Waals surface area (Å²) in [5.74, 6) is 0. The largest absolute Gasteiger partial charge is 0.433 e. The summed E-state index contributed by atoms with van der Waals surface area (Å²) in [5.41, 5.74) is -1.12. The molecule has 0 aliphatic rings. The van der Waals surface area contributed by atoms with E-state index in [4.69, 9.17) is 0 Å². The van der Waals surface area contributed by atoms with Gasteiger partial charge >= 0.3 is 6.18 Å². The lowest BCUT2D eigenvalue weighted by Gasteiger charge is -2.07. The van der Waals surface area contributed by atoms with Gasteiger partial charge in [0.2, 0.25) is 10.0 Å². The van der Waals surface area contributed by atoms with Gasteiger partial charge in [-0.1, -0.05) is 6.92 Å². The van der Waals surface area contributed by atoms with Gasteiger partial charge in [-0.15, -0.1) is 0 Å². The van der Waals surface area contributed by atoms with E-state index >= 15 is 0 Å². The number of nitrogens with zero attached hydrogens (tertiary/aromatic N) is 1. The van der Waals surface area contributed by atoms with Crippen LogP contribution in [0.1, 0.15) is 12.6 Å². The topological polar surface area (TPSA) is 59.1 Å². The minimum Gasteiger partial charge on any atom is -0.250 e. The molecule has 16 heavy (non-hydrogen) atoms. The number of hydrogen-bond acceptors (Lipinski definition) is 3. The summed E-state index contributed by atoms with van der Waals surface area (Å²) in [6, 6.07) is 1.50. The third-order valence-electron chi connectivity index (χ3n) is 1.67. The lowest BCUT2D eigenvalue weighted by Crippen LogP contribution is -2.23. The molecule has 0 atom stereocenters. The Morgan fingerprint density at radius 2 is 2.00 bits per heavy atom. The van der Waals surface area contributed by atoms with Gasteiger partial charge in [-0.2, -0.15) is 13.2 Å². The van der Waals surface area contributed by atoms with E-state index in [1.54, 1.807) is 6.92 Å². The van der Waals surface area contributed by atoms with Gasteiger partial charge in [0, 0.05) is 12.7 Å². The van der Waals surface area contributed by atoms with Crippen molar-refractivity contribution in [3.8, 4) is 0 Å². The maximum absolute atomic E-state index is 12.1. The molecule has 8 heteroatoms. The fraction of sp³-hybridized carbons (Fsp3) is 0.375. The maximum atomic E-state index is 12.1. The van der Waals surface area contributed by atoms with Gasteiger partial charge < -0.3 is 0 Å². The Labute approximate surface area is 90.6 Å². The molecular formula is C8H9F3N2O2S. The van der Waals surface area contributed by atoms with Crippen molar-refractivity contribution < 1.29 is 21.6 Å². The predicted octanol–water partition coefficient (Wildman–Crippen LogP) is 1.40. The Balaban J connectivity index is 3.05. The fourth-order valence-corrected chi connectivity index (χ4v) is 1.97. The van der Waals surface area contributed by atoms with Crippen LogP contribution in [0, 0.1) is 0 Å². The van der Waals surface area contributed by atoms with Gasteiger partial charge in [0.05, 0.1) is 0 Å². The quantitative estimate of drug-likeness (QED) is 0.887. The summed E-state index contributed by atoms with van der Waals surface area (Å²) < 4.78 is 61.3. The third-order valence-corrected chi connectivity index (χ3v) is 3.20. The molecule has 0 radical (unpaired) electrons. The Morgan fingerprint density at radius 3 is 2.38 bits per heavy atom. The Kier molecular flexibility index (Phi) is 3.54. The predicted molar refractivity (Wildman–Crippen MR) is 50.1 cm³/mol. The van der Waals surface area contributed by atoms with E-state index in [-0.39, 0.29) is 11.4 Å². The van der Waals surface area contributed by atoms with Gasteiger partial charge in [0.1, 0.15) is 10.6 Å². The summed E-state index contributed by atoms with van der Waals surface area (Å²) in [6.45, 7) is 1.72. The maximum Gasteiger partial charge on any atom is 0.433 e. The van der Waals surface area contributed by atoms with Crippen LogP contribution in [0.4, 0.5) is 13.2 Å². The van der Waals surface area contributed by atoms with Crippen molar-refractivity contribution in [3.05, 3.63) is 24.0 Å². The van der Waals surface area contributed by atoms with Crippen LogP contribution in [0.2, 0.25) is 0 Å². The van der Waals surface area contributed by atoms with Crippen molar-refractivity contribution in [2.45, 2.75) is 18.0 Å². The van der Waals surface area contributed by atoms with Crippen molar-refractivity contribution in [2.75, 3.05) is 6.54 Å². The zero-order valence-corrected chi connectivity index (χ0v) is 9.06. The average molecular weight is 254 g/mol. The molecule has 0 aliphatic carbocycles. The monoisotopic (exact) mass is 254 g/mol. The Morgan fingerprint density at radius 1 is 1.38 bits per heavy atom. The molecule has 0 aliphatic heterocycles. The van der Waals surface area contributed by atoms with Crippen LogP contribution in [-0.4, -0.2) is 19.9 Å². The van der Waals surface area contributed by atoms with E-state index in [0.29, 0.717) is 12.3 Å². The second-order valence-corrected chi connectivity index (χ2v) is 4.65. The molecule has 90 valence electrons.